The Morgan fingerprint density at radius 3 is 1.82 bits per heavy atom. The Morgan fingerprint density at radius 2 is 1.32 bits per heavy atom. The van der Waals surface area contributed by atoms with Crippen LogP contribution in [0.15, 0.2) is 0 Å². The van der Waals surface area contributed by atoms with E-state index in [4.69, 9.17) is 18.5 Å². The number of rotatable bonds is 23. The largest absolute Gasteiger partial charge is 0.472 e. The molecule has 1 N–H and O–H groups in total. The van der Waals surface area contributed by atoms with Crippen molar-refractivity contribution in [2.45, 2.75) is 122 Å². The monoisotopic (exact) mass is 508 g/mol. The smallest absolute Gasteiger partial charge is 0.350 e. The van der Waals surface area contributed by atoms with Gasteiger partial charge in [0.15, 0.2) is 6.29 Å². The zero-order valence-corrected chi connectivity index (χ0v) is 23.6. The summed E-state index contributed by atoms with van der Waals surface area (Å²) in [5.41, 5.74) is 0. The van der Waals surface area contributed by atoms with Gasteiger partial charge in [-0.05, 0) is 12.8 Å². The lowest BCUT2D eigenvalue weighted by Crippen LogP contribution is -2.37. The quantitative estimate of drug-likeness (QED) is 0.0926. The minimum absolute atomic E-state index is 0.00745. The van der Waals surface area contributed by atoms with E-state index in [1.807, 2.05) is 21.1 Å². The highest BCUT2D eigenvalue weighted by Crippen LogP contribution is 2.43. The number of unbranched alkanes of at least 4 members (excludes halogenated alkanes) is 14. The molecule has 1 rings (SSSR count). The predicted molar refractivity (Wildman–Crippen MR) is 139 cm³/mol. The van der Waals surface area contributed by atoms with Crippen molar-refractivity contribution in [2.75, 3.05) is 47.5 Å². The Morgan fingerprint density at radius 1 is 0.824 bits per heavy atom. The van der Waals surface area contributed by atoms with Gasteiger partial charge in [-0.3, -0.25) is 9.05 Å². The molecule has 3 atom stereocenters. The Balaban J connectivity index is 1.90. The first kappa shape index (κ1) is 32.0. The summed E-state index contributed by atoms with van der Waals surface area (Å²) in [7, 11) is 1.94. The summed E-state index contributed by atoms with van der Waals surface area (Å²) >= 11 is 0. The molecule has 0 spiro atoms. The molecule has 0 aromatic rings. The highest BCUT2D eigenvalue weighted by atomic mass is 31.2. The fraction of sp³-hybridized carbons (Fsp3) is 1.00. The van der Waals surface area contributed by atoms with Gasteiger partial charge in [0.05, 0.1) is 34.4 Å². The normalized spacial score (nSPS) is 20.6. The van der Waals surface area contributed by atoms with Crippen LogP contribution in [-0.2, 0) is 23.1 Å². The second kappa shape index (κ2) is 19.1. The van der Waals surface area contributed by atoms with Gasteiger partial charge in [-0.25, -0.2) is 4.57 Å². The summed E-state index contributed by atoms with van der Waals surface area (Å²) in [6, 6.07) is 0. The van der Waals surface area contributed by atoms with Crippen LogP contribution in [-0.4, -0.2) is 69.3 Å². The van der Waals surface area contributed by atoms with Crippen LogP contribution in [0, 0.1) is 0 Å². The molecule has 0 amide bonds. The maximum Gasteiger partial charge on any atom is 0.472 e. The third kappa shape index (κ3) is 19.2. The first-order chi connectivity index (χ1) is 16.2. The molecule has 0 saturated carbocycles. The molecule has 0 aliphatic carbocycles. The molecular formula is C26H55NO6P+. The number of phosphoric ester groups is 1. The van der Waals surface area contributed by atoms with Crippen molar-refractivity contribution in [1.29, 1.82) is 0 Å². The highest BCUT2D eigenvalue weighted by Gasteiger charge is 2.30. The third-order valence-electron chi connectivity index (χ3n) is 6.30. The third-order valence-corrected chi connectivity index (χ3v) is 7.28. The molecule has 1 unspecified atom stereocenters. The lowest BCUT2D eigenvalue weighted by molar-refractivity contribution is -0.870. The van der Waals surface area contributed by atoms with E-state index < -0.39 is 7.82 Å². The zero-order valence-electron chi connectivity index (χ0n) is 22.7. The summed E-state index contributed by atoms with van der Waals surface area (Å²) in [5, 5.41) is 0. The van der Waals surface area contributed by atoms with E-state index in [9.17, 15) is 9.46 Å². The van der Waals surface area contributed by atoms with Crippen molar-refractivity contribution < 1.29 is 32.5 Å². The molecule has 1 heterocycles. The predicted octanol–water partition coefficient (Wildman–Crippen LogP) is 6.83. The van der Waals surface area contributed by atoms with E-state index in [0.717, 1.165) is 12.8 Å². The maximum absolute atomic E-state index is 12.0. The van der Waals surface area contributed by atoms with Crippen LogP contribution in [0.4, 0.5) is 0 Å². The second-order valence-corrected chi connectivity index (χ2v) is 12.3. The van der Waals surface area contributed by atoms with E-state index in [1.54, 1.807) is 0 Å². The number of ether oxygens (including phenoxy) is 2. The Bertz CT molecular complexity index is 528. The second-order valence-electron chi connectivity index (χ2n) is 10.9. The summed E-state index contributed by atoms with van der Waals surface area (Å²) in [6.45, 7) is 3.46. The van der Waals surface area contributed by atoms with Crippen LogP contribution < -0.4 is 0 Å². The topological polar surface area (TPSA) is 74.2 Å². The molecule has 8 heteroatoms. The number of quaternary nitrogens is 1. The van der Waals surface area contributed by atoms with Crippen LogP contribution in [0.3, 0.4) is 0 Å². The van der Waals surface area contributed by atoms with Crippen molar-refractivity contribution in [3.05, 3.63) is 0 Å². The van der Waals surface area contributed by atoms with Gasteiger partial charge in [-0.1, -0.05) is 96.8 Å². The number of phosphoric acid groups is 1. The molecular weight excluding hydrogens is 453 g/mol. The maximum atomic E-state index is 12.0. The van der Waals surface area contributed by atoms with Gasteiger partial charge < -0.3 is 18.9 Å². The van der Waals surface area contributed by atoms with Crippen LogP contribution in [0.5, 0.6) is 0 Å². The average Bonchev–Trinajstić information content (AvgIpc) is 3.22. The van der Waals surface area contributed by atoms with Crippen molar-refractivity contribution in [3.8, 4) is 0 Å². The lowest BCUT2D eigenvalue weighted by atomic mass is 10.0. The number of nitrogens with zero attached hydrogens (tertiary/aromatic N) is 1. The van der Waals surface area contributed by atoms with Crippen molar-refractivity contribution in [3.63, 3.8) is 0 Å². The van der Waals surface area contributed by atoms with E-state index in [1.165, 1.54) is 89.9 Å². The number of likely N-dealkylation sites (N-methyl/N-ethyl adjacent to an activating group) is 1. The van der Waals surface area contributed by atoms with Gasteiger partial charge in [0.25, 0.3) is 0 Å². The Hall–Kier alpha value is -0.0100. The molecule has 1 aliphatic heterocycles. The molecule has 1 saturated heterocycles. The van der Waals surface area contributed by atoms with E-state index in [2.05, 4.69) is 6.92 Å². The summed E-state index contributed by atoms with van der Waals surface area (Å²) in [4.78, 5) is 9.80. The first-order valence-corrected chi connectivity index (χ1v) is 15.4. The van der Waals surface area contributed by atoms with Gasteiger partial charge >= 0.3 is 7.82 Å². The van der Waals surface area contributed by atoms with Crippen LogP contribution in [0.1, 0.15) is 110 Å². The van der Waals surface area contributed by atoms with E-state index in [-0.39, 0.29) is 25.6 Å². The van der Waals surface area contributed by atoms with Crippen molar-refractivity contribution in [1.82, 2.24) is 0 Å². The van der Waals surface area contributed by atoms with Gasteiger partial charge in [0.1, 0.15) is 19.3 Å². The molecule has 0 bridgehead atoms. The molecule has 0 aromatic carbocycles. The van der Waals surface area contributed by atoms with E-state index in [0.29, 0.717) is 17.6 Å². The SMILES string of the molecule is CCCCCCCCCCCCCCCCC[C@@H]1OC[C@@H](COP(=O)(O)OCC[N+](C)(C)C)O1. The molecule has 1 fully saturated rings. The first-order valence-electron chi connectivity index (χ1n) is 13.9. The molecule has 0 aromatic heterocycles. The Kier molecular flexibility index (Phi) is 18.0. The molecule has 0 radical (unpaired) electrons. The summed E-state index contributed by atoms with van der Waals surface area (Å²) in [5.74, 6) is 0. The standard InChI is InChI=1S/C26H54NO6P/c1-5-6-7-8-9-10-11-12-13-14-15-16-17-18-19-20-26-30-23-25(33-26)24-32-34(28,29)31-22-21-27(2,3)4/h25-26H,5-24H2,1-4H3/p+1/t25-,26+/m0/s1. The van der Waals surface area contributed by atoms with Gasteiger partial charge in [-0.2, -0.15) is 0 Å². The van der Waals surface area contributed by atoms with Gasteiger partial charge in [0, 0.05) is 0 Å². The summed E-state index contributed by atoms with van der Waals surface area (Å²) < 4.78 is 34.2. The number of hydrogen-bond donors (Lipinski definition) is 1. The lowest BCUT2D eigenvalue weighted by Gasteiger charge is -2.24. The van der Waals surface area contributed by atoms with Crippen LogP contribution in [0.25, 0.3) is 0 Å². The zero-order chi connectivity index (χ0) is 25.1. The highest BCUT2D eigenvalue weighted by molar-refractivity contribution is 7.47. The fourth-order valence-corrected chi connectivity index (χ4v) is 4.82. The minimum atomic E-state index is -4.05. The average molecular weight is 509 g/mol. The molecule has 34 heavy (non-hydrogen) atoms. The summed E-state index contributed by atoms with van der Waals surface area (Å²) in [6.07, 6.45) is 20.6. The van der Waals surface area contributed by atoms with Crippen LogP contribution >= 0.6 is 7.82 Å². The fourth-order valence-electron chi connectivity index (χ4n) is 4.07. The minimum Gasteiger partial charge on any atom is -0.350 e. The van der Waals surface area contributed by atoms with Crippen LogP contribution in [0.2, 0.25) is 0 Å². The van der Waals surface area contributed by atoms with Gasteiger partial charge in [0.2, 0.25) is 0 Å². The molecule has 7 nitrogen and oxygen atoms in total. The van der Waals surface area contributed by atoms with E-state index >= 15 is 0 Å². The number of hydrogen-bond acceptors (Lipinski definition) is 5. The molecule has 1 aliphatic rings. The van der Waals surface area contributed by atoms with Gasteiger partial charge in [-0.15, -0.1) is 0 Å². The molecule has 204 valence electrons. The Labute approximate surface area is 210 Å². The van der Waals surface area contributed by atoms with Crippen molar-refractivity contribution in [2.24, 2.45) is 0 Å². The van der Waals surface area contributed by atoms with Crippen molar-refractivity contribution >= 4 is 7.82 Å².